The second-order valence-electron chi connectivity index (χ2n) is 8.46. The first-order valence-electron chi connectivity index (χ1n) is 11.9. The Kier molecular flexibility index (Phi) is 7.86. The predicted octanol–water partition coefficient (Wildman–Crippen LogP) is 7.20. The van der Waals surface area contributed by atoms with E-state index in [1.165, 1.54) is 12.0 Å². The minimum Gasteiger partial charge on any atom is -0.493 e. The number of carbonyl (C=O) groups excluding carboxylic acids is 2. The van der Waals surface area contributed by atoms with Gasteiger partial charge in [-0.1, -0.05) is 72.3 Å². The van der Waals surface area contributed by atoms with Gasteiger partial charge in [-0.2, -0.15) is 0 Å². The van der Waals surface area contributed by atoms with E-state index >= 15 is 0 Å². The van der Waals surface area contributed by atoms with Crippen LogP contribution in [0.2, 0.25) is 5.02 Å². The Labute approximate surface area is 229 Å². The molecule has 1 fully saturated rings. The van der Waals surface area contributed by atoms with E-state index in [0.717, 1.165) is 28.1 Å². The molecule has 38 heavy (non-hydrogen) atoms. The van der Waals surface area contributed by atoms with Gasteiger partial charge in [-0.05, 0) is 64.0 Å². The lowest BCUT2D eigenvalue weighted by molar-refractivity contribution is -0.123. The van der Waals surface area contributed by atoms with E-state index in [1.807, 2.05) is 54.6 Å². The van der Waals surface area contributed by atoms with Gasteiger partial charge in [-0.3, -0.25) is 14.5 Å². The standard InChI is InChI=1S/C30H24ClNO5S/c1-35-26-17-20(16-25(31)28(26)37-19-22-10-7-9-21-8-5-6-13-24(21)22)18-27-29(33)32(30(34)38-27)14-15-36-23-11-3-2-4-12-23/h2-13,16-18H,14-15,19H2,1H3/b27-18-. The lowest BCUT2D eigenvalue weighted by atomic mass is 10.1. The summed E-state index contributed by atoms with van der Waals surface area (Å²) in [5.74, 6) is 1.15. The largest absolute Gasteiger partial charge is 0.493 e. The molecule has 0 unspecified atom stereocenters. The van der Waals surface area contributed by atoms with Crippen LogP contribution in [0.15, 0.2) is 89.8 Å². The third kappa shape index (κ3) is 5.64. The molecule has 192 valence electrons. The van der Waals surface area contributed by atoms with Crippen molar-refractivity contribution in [2.24, 2.45) is 0 Å². The summed E-state index contributed by atoms with van der Waals surface area (Å²) in [6.45, 7) is 0.667. The zero-order valence-electron chi connectivity index (χ0n) is 20.6. The smallest absolute Gasteiger partial charge is 0.293 e. The van der Waals surface area contributed by atoms with Crippen molar-refractivity contribution in [3.8, 4) is 17.2 Å². The van der Waals surface area contributed by atoms with Crippen LogP contribution in [0.5, 0.6) is 17.2 Å². The molecule has 0 bridgehead atoms. The van der Waals surface area contributed by atoms with Gasteiger partial charge in [0.15, 0.2) is 11.5 Å². The summed E-state index contributed by atoms with van der Waals surface area (Å²) in [6.07, 6.45) is 1.63. The molecule has 1 heterocycles. The number of thioether (sulfide) groups is 1. The monoisotopic (exact) mass is 545 g/mol. The number of hydrogen-bond donors (Lipinski definition) is 0. The van der Waals surface area contributed by atoms with E-state index in [4.69, 9.17) is 25.8 Å². The van der Waals surface area contributed by atoms with Gasteiger partial charge in [0, 0.05) is 0 Å². The molecule has 4 aromatic rings. The van der Waals surface area contributed by atoms with Gasteiger partial charge in [0.05, 0.1) is 23.6 Å². The van der Waals surface area contributed by atoms with Crippen LogP contribution in [-0.4, -0.2) is 36.3 Å². The Morgan fingerprint density at radius 3 is 2.50 bits per heavy atom. The van der Waals surface area contributed by atoms with E-state index in [0.29, 0.717) is 39.3 Å². The molecule has 1 saturated heterocycles. The van der Waals surface area contributed by atoms with E-state index < -0.39 is 0 Å². The normalized spacial score (nSPS) is 14.4. The van der Waals surface area contributed by atoms with E-state index in [2.05, 4.69) is 18.2 Å². The molecule has 0 spiro atoms. The van der Waals surface area contributed by atoms with Gasteiger partial charge in [0.2, 0.25) is 0 Å². The molecular formula is C30H24ClNO5S. The summed E-state index contributed by atoms with van der Waals surface area (Å²) >= 11 is 7.47. The SMILES string of the molecule is COc1cc(/C=C2\SC(=O)N(CCOc3ccccc3)C2=O)cc(Cl)c1OCc1cccc2ccccc12. The Morgan fingerprint density at radius 2 is 1.68 bits per heavy atom. The second-order valence-corrected chi connectivity index (χ2v) is 9.86. The van der Waals surface area contributed by atoms with Gasteiger partial charge < -0.3 is 14.2 Å². The molecule has 0 N–H and O–H groups in total. The Morgan fingerprint density at radius 1 is 0.921 bits per heavy atom. The van der Waals surface area contributed by atoms with Crippen LogP contribution in [0.4, 0.5) is 4.79 Å². The molecule has 0 saturated carbocycles. The number of benzene rings is 4. The third-order valence-electron chi connectivity index (χ3n) is 6.00. The fourth-order valence-electron chi connectivity index (χ4n) is 4.15. The summed E-state index contributed by atoms with van der Waals surface area (Å²) < 4.78 is 17.3. The molecule has 2 amide bonds. The first-order chi connectivity index (χ1) is 18.5. The average molecular weight is 546 g/mol. The second kappa shape index (κ2) is 11.6. The summed E-state index contributed by atoms with van der Waals surface area (Å²) in [6, 6.07) is 26.8. The van der Waals surface area contributed by atoms with Crippen LogP contribution in [-0.2, 0) is 11.4 Å². The van der Waals surface area contributed by atoms with Crippen molar-refractivity contribution < 1.29 is 23.8 Å². The summed E-state index contributed by atoms with van der Waals surface area (Å²) in [5, 5.41) is 2.23. The van der Waals surface area contributed by atoms with E-state index in [1.54, 1.807) is 18.2 Å². The minimum atomic E-state index is -0.372. The van der Waals surface area contributed by atoms with Gasteiger partial charge in [0.25, 0.3) is 11.1 Å². The first kappa shape index (κ1) is 25.7. The highest BCUT2D eigenvalue weighted by atomic mass is 35.5. The molecule has 8 heteroatoms. The van der Waals surface area contributed by atoms with Gasteiger partial charge in [-0.15, -0.1) is 0 Å². The van der Waals surface area contributed by atoms with Crippen LogP contribution in [0.25, 0.3) is 16.8 Å². The van der Waals surface area contributed by atoms with Crippen molar-refractivity contribution >= 4 is 51.4 Å². The minimum absolute atomic E-state index is 0.155. The zero-order chi connectivity index (χ0) is 26.5. The number of fused-ring (bicyclic) bond motifs is 1. The molecule has 0 atom stereocenters. The Bertz CT molecular complexity index is 1520. The Hall–Kier alpha value is -3.94. The van der Waals surface area contributed by atoms with Crippen molar-refractivity contribution in [1.82, 2.24) is 4.90 Å². The van der Waals surface area contributed by atoms with Crippen molar-refractivity contribution in [2.75, 3.05) is 20.3 Å². The highest BCUT2D eigenvalue weighted by Gasteiger charge is 2.35. The number of nitrogens with zero attached hydrogens (tertiary/aromatic N) is 1. The van der Waals surface area contributed by atoms with Crippen molar-refractivity contribution in [2.45, 2.75) is 6.61 Å². The fraction of sp³-hybridized carbons (Fsp3) is 0.133. The summed E-state index contributed by atoms with van der Waals surface area (Å²) in [7, 11) is 1.53. The molecular weight excluding hydrogens is 522 g/mol. The van der Waals surface area contributed by atoms with E-state index in [9.17, 15) is 9.59 Å². The maximum atomic E-state index is 12.9. The topological polar surface area (TPSA) is 65.1 Å². The number of ether oxygens (including phenoxy) is 3. The van der Waals surface area contributed by atoms with Crippen LogP contribution in [0, 0.1) is 0 Å². The number of hydrogen-bond acceptors (Lipinski definition) is 6. The number of halogens is 1. The molecule has 5 rings (SSSR count). The van der Waals surface area contributed by atoms with Gasteiger partial charge in [-0.25, -0.2) is 0 Å². The molecule has 6 nitrogen and oxygen atoms in total. The van der Waals surface area contributed by atoms with Gasteiger partial charge >= 0.3 is 0 Å². The lowest BCUT2D eigenvalue weighted by Gasteiger charge is -2.15. The zero-order valence-corrected chi connectivity index (χ0v) is 22.1. The summed E-state index contributed by atoms with van der Waals surface area (Å²) in [4.78, 5) is 26.9. The highest BCUT2D eigenvalue weighted by molar-refractivity contribution is 8.18. The number of para-hydroxylation sites is 1. The molecule has 4 aromatic carbocycles. The molecule has 1 aliphatic rings. The van der Waals surface area contributed by atoms with E-state index in [-0.39, 0.29) is 24.3 Å². The first-order valence-corrected chi connectivity index (χ1v) is 13.1. The highest BCUT2D eigenvalue weighted by Crippen LogP contribution is 2.39. The van der Waals surface area contributed by atoms with Crippen molar-refractivity contribution in [3.63, 3.8) is 0 Å². The number of rotatable bonds is 9. The van der Waals surface area contributed by atoms with Crippen LogP contribution < -0.4 is 14.2 Å². The summed E-state index contributed by atoms with van der Waals surface area (Å²) in [5.41, 5.74) is 1.64. The molecule has 0 aromatic heterocycles. The fourth-order valence-corrected chi connectivity index (χ4v) is 5.29. The van der Waals surface area contributed by atoms with Crippen LogP contribution >= 0.6 is 23.4 Å². The van der Waals surface area contributed by atoms with Crippen molar-refractivity contribution in [3.05, 3.63) is 106 Å². The maximum Gasteiger partial charge on any atom is 0.293 e. The molecule has 0 aliphatic carbocycles. The molecule has 1 aliphatic heterocycles. The maximum absolute atomic E-state index is 12.9. The molecule has 0 radical (unpaired) electrons. The predicted molar refractivity (Wildman–Crippen MR) is 151 cm³/mol. The number of imide groups is 1. The Balaban J connectivity index is 1.29. The number of carbonyl (C=O) groups is 2. The average Bonchev–Trinajstić information content (AvgIpc) is 3.20. The van der Waals surface area contributed by atoms with Crippen LogP contribution in [0.3, 0.4) is 0 Å². The third-order valence-corrected chi connectivity index (χ3v) is 7.19. The van der Waals surface area contributed by atoms with Crippen LogP contribution in [0.1, 0.15) is 11.1 Å². The number of amides is 2. The number of methoxy groups -OCH3 is 1. The lowest BCUT2D eigenvalue weighted by Crippen LogP contribution is -2.32. The quantitative estimate of drug-likeness (QED) is 0.207. The van der Waals surface area contributed by atoms with Gasteiger partial charge in [0.1, 0.15) is 19.0 Å². The van der Waals surface area contributed by atoms with Crippen molar-refractivity contribution in [1.29, 1.82) is 0 Å².